The van der Waals surface area contributed by atoms with E-state index >= 15 is 0 Å². The molecule has 3 fully saturated rings. The zero-order valence-electron chi connectivity index (χ0n) is 14.7. The highest BCUT2D eigenvalue weighted by molar-refractivity contribution is 6.22. The molecule has 7 nitrogen and oxygen atoms in total. The Morgan fingerprint density at radius 3 is 2.37 bits per heavy atom. The lowest BCUT2D eigenvalue weighted by Crippen LogP contribution is -2.57. The molecule has 3 aliphatic heterocycles. The van der Waals surface area contributed by atoms with E-state index in [9.17, 15) is 40.7 Å². The van der Waals surface area contributed by atoms with Crippen LogP contribution in [0.4, 0.5) is 36.8 Å². The molecule has 158 valence electrons. The van der Waals surface area contributed by atoms with Crippen LogP contribution in [0.3, 0.4) is 0 Å². The van der Waals surface area contributed by atoms with Crippen molar-refractivity contribution in [2.75, 3.05) is 11.4 Å². The third-order valence-corrected chi connectivity index (χ3v) is 5.46. The van der Waals surface area contributed by atoms with Crippen molar-refractivity contribution in [3.8, 4) is 6.07 Å². The number of alkyl halides is 6. The van der Waals surface area contributed by atoms with Gasteiger partial charge in [-0.15, -0.1) is 0 Å². The van der Waals surface area contributed by atoms with E-state index in [1.807, 2.05) is 0 Å². The molecule has 4 amide bonds. The summed E-state index contributed by atoms with van der Waals surface area (Å²) < 4.78 is 78.1. The summed E-state index contributed by atoms with van der Waals surface area (Å²) in [6.07, 6.45) is -10.1. The minimum absolute atomic E-state index is 0.0288. The Balaban J connectivity index is 1.69. The van der Waals surface area contributed by atoms with Crippen LogP contribution in [0.25, 0.3) is 0 Å². The van der Waals surface area contributed by atoms with Gasteiger partial charge in [0.1, 0.15) is 6.04 Å². The number of nitriles is 1. The molecular formula is C17H10F6N4O3. The maximum Gasteiger partial charge on any atom is 0.471 e. The molecule has 13 heteroatoms. The van der Waals surface area contributed by atoms with Crippen molar-refractivity contribution in [3.63, 3.8) is 0 Å². The second-order valence-corrected chi connectivity index (χ2v) is 7.06. The highest BCUT2D eigenvalue weighted by Gasteiger charge is 2.64. The summed E-state index contributed by atoms with van der Waals surface area (Å²) in [6, 6.07) is -0.838. The van der Waals surface area contributed by atoms with Gasteiger partial charge in [-0.3, -0.25) is 9.59 Å². The summed E-state index contributed by atoms with van der Waals surface area (Å²) in [5.74, 6) is -3.16. The average Bonchev–Trinajstić information content (AvgIpc) is 3.30. The van der Waals surface area contributed by atoms with Gasteiger partial charge in [0.2, 0.25) is 0 Å². The first kappa shape index (κ1) is 20.0. The summed E-state index contributed by atoms with van der Waals surface area (Å²) >= 11 is 0. The van der Waals surface area contributed by atoms with Crippen LogP contribution < -0.4 is 4.90 Å². The molecule has 3 aliphatic rings. The lowest BCUT2D eigenvalue weighted by Gasteiger charge is -2.35. The number of anilines is 1. The fourth-order valence-electron chi connectivity index (χ4n) is 4.29. The molecule has 1 aromatic carbocycles. The minimum atomic E-state index is -5.16. The monoisotopic (exact) mass is 432 g/mol. The van der Waals surface area contributed by atoms with E-state index in [0.29, 0.717) is 15.9 Å². The Morgan fingerprint density at radius 2 is 1.80 bits per heavy atom. The number of hydrogen-bond donors (Lipinski definition) is 0. The number of urea groups is 1. The number of benzene rings is 1. The average molecular weight is 432 g/mol. The van der Waals surface area contributed by atoms with Crippen molar-refractivity contribution in [2.45, 2.75) is 36.9 Å². The molecule has 3 atom stereocenters. The van der Waals surface area contributed by atoms with Gasteiger partial charge >= 0.3 is 24.3 Å². The van der Waals surface area contributed by atoms with E-state index < -0.39 is 71.7 Å². The molecular weight excluding hydrogens is 422 g/mol. The predicted octanol–water partition coefficient (Wildman–Crippen LogP) is 2.26. The summed E-state index contributed by atoms with van der Waals surface area (Å²) in [4.78, 5) is 39.1. The Labute approximate surface area is 164 Å². The lowest BCUT2D eigenvalue weighted by molar-refractivity contribution is -0.188. The van der Waals surface area contributed by atoms with Gasteiger partial charge in [-0.25, -0.2) is 9.69 Å². The summed E-state index contributed by atoms with van der Waals surface area (Å²) in [5, 5.41) is 8.86. The zero-order valence-corrected chi connectivity index (χ0v) is 14.7. The fraction of sp³-hybridized carbons (Fsp3) is 0.412. The van der Waals surface area contributed by atoms with Crippen LogP contribution in [-0.2, 0) is 15.8 Å². The van der Waals surface area contributed by atoms with E-state index in [4.69, 9.17) is 5.26 Å². The summed E-state index contributed by atoms with van der Waals surface area (Å²) in [7, 11) is 0. The van der Waals surface area contributed by atoms with Crippen LogP contribution in [0.1, 0.15) is 17.5 Å². The lowest BCUT2D eigenvalue weighted by atomic mass is 10.1. The van der Waals surface area contributed by atoms with E-state index in [1.54, 1.807) is 0 Å². The molecule has 0 radical (unpaired) electrons. The van der Waals surface area contributed by atoms with Crippen molar-refractivity contribution >= 4 is 23.5 Å². The highest BCUT2D eigenvalue weighted by Crippen LogP contribution is 2.44. The maximum atomic E-state index is 13.2. The van der Waals surface area contributed by atoms with E-state index in [0.717, 1.165) is 17.0 Å². The molecule has 0 unspecified atom stereocenters. The number of fused-ring (bicyclic) bond motifs is 5. The number of amides is 4. The van der Waals surface area contributed by atoms with Gasteiger partial charge in [0.25, 0.3) is 5.91 Å². The molecule has 30 heavy (non-hydrogen) atoms. The van der Waals surface area contributed by atoms with Gasteiger partial charge in [0.15, 0.2) is 0 Å². The maximum absolute atomic E-state index is 13.2. The van der Waals surface area contributed by atoms with E-state index in [2.05, 4.69) is 0 Å². The van der Waals surface area contributed by atoms with Gasteiger partial charge < -0.3 is 9.80 Å². The molecule has 2 bridgehead atoms. The Bertz CT molecular complexity index is 1010. The topological polar surface area (TPSA) is 84.7 Å². The standard InChI is InChI=1S/C17H10F6N4O3/c18-16(19,20)10-3-8(2-1-7(10)5-24)27-13(28)12-11-4-9(26(12)15(27)30)6-25(11)14(29)17(21,22)23/h1-3,9,11-12H,4,6H2/t9-,11-,12-/m0/s1. The van der Waals surface area contributed by atoms with Crippen LogP contribution in [0.2, 0.25) is 0 Å². The Morgan fingerprint density at radius 1 is 1.13 bits per heavy atom. The molecule has 3 saturated heterocycles. The predicted molar refractivity (Wildman–Crippen MR) is 84.6 cm³/mol. The van der Waals surface area contributed by atoms with Crippen LogP contribution in [0.15, 0.2) is 18.2 Å². The Hall–Kier alpha value is -3.30. The molecule has 0 spiro atoms. The van der Waals surface area contributed by atoms with Crippen LogP contribution in [0.5, 0.6) is 0 Å². The number of carbonyl (C=O) groups is 3. The minimum Gasteiger partial charge on any atom is -0.327 e. The number of carbonyl (C=O) groups excluding carboxylic acids is 3. The molecule has 1 aromatic rings. The number of likely N-dealkylation sites (tertiary alicyclic amines) is 1. The highest BCUT2D eigenvalue weighted by atomic mass is 19.4. The van der Waals surface area contributed by atoms with E-state index in [-0.39, 0.29) is 6.42 Å². The molecule has 0 saturated carbocycles. The number of imide groups is 1. The largest absolute Gasteiger partial charge is 0.471 e. The first-order valence-electron chi connectivity index (χ1n) is 8.51. The van der Waals surface area contributed by atoms with Crippen LogP contribution in [-0.4, -0.2) is 58.5 Å². The summed E-state index contributed by atoms with van der Waals surface area (Å²) in [5.41, 5.74) is -2.53. The van der Waals surface area contributed by atoms with Gasteiger partial charge in [0.05, 0.1) is 35.0 Å². The first-order chi connectivity index (χ1) is 13.9. The zero-order chi connectivity index (χ0) is 22.2. The molecule has 4 rings (SSSR count). The van der Waals surface area contributed by atoms with Crippen molar-refractivity contribution < 1.29 is 40.7 Å². The van der Waals surface area contributed by atoms with Crippen molar-refractivity contribution in [1.82, 2.24) is 9.80 Å². The quantitative estimate of drug-likeness (QED) is 0.504. The second kappa shape index (κ2) is 6.10. The van der Waals surface area contributed by atoms with Crippen molar-refractivity contribution in [3.05, 3.63) is 29.3 Å². The van der Waals surface area contributed by atoms with Gasteiger partial charge in [-0.05, 0) is 24.6 Å². The smallest absolute Gasteiger partial charge is 0.327 e. The van der Waals surface area contributed by atoms with Gasteiger partial charge in [-0.1, -0.05) is 0 Å². The third-order valence-electron chi connectivity index (χ3n) is 5.46. The first-order valence-corrected chi connectivity index (χ1v) is 8.51. The number of halogens is 6. The van der Waals surface area contributed by atoms with Crippen molar-refractivity contribution in [2.24, 2.45) is 0 Å². The molecule has 0 aromatic heterocycles. The molecule has 3 heterocycles. The number of piperazine rings is 1. The van der Waals surface area contributed by atoms with Crippen LogP contribution in [0, 0.1) is 11.3 Å². The van der Waals surface area contributed by atoms with Crippen molar-refractivity contribution in [1.29, 1.82) is 5.26 Å². The molecule has 0 aliphatic carbocycles. The normalized spacial score (nSPS) is 25.8. The molecule has 0 N–H and O–H groups in total. The number of hydrogen-bond acceptors (Lipinski definition) is 4. The third kappa shape index (κ3) is 2.70. The SMILES string of the molecule is N#Cc1ccc(N2C(=O)[C@@H]3[C@@H]4C[C@@H](CN4C(=O)C(F)(F)F)N3C2=O)cc1C(F)(F)F. The fourth-order valence-corrected chi connectivity index (χ4v) is 4.29. The van der Waals surface area contributed by atoms with Crippen LogP contribution >= 0.6 is 0 Å². The number of nitrogens with zero attached hydrogens (tertiary/aromatic N) is 4. The summed E-state index contributed by atoms with van der Waals surface area (Å²) in [6.45, 7) is -0.423. The Kier molecular flexibility index (Phi) is 4.06. The van der Waals surface area contributed by atoms with Gasteiger partial charge in [0, 0.05) is 6.54 Å². The van der Waals surface area contributed by atoms with E-state index in [1.165, 1.54) is 6.07 Å². The second-order valence-electron chi connectivity index (χ2n) is 7.06. The number of rotatable bonds is 1. The van der Waals surface area contributed by atoms with Gasteiger partial charge in [-0.2, -0.15) is 31.6 Å².